The number of hydrogen-bond acceptors (Lipinski definition) is 4. The van der Waals surface area contributed by atoms with Crippen molar-refractivity contribution in [3.05, 3.63) is 59.9 Å². The molecule has 144 valence electrons. The molecule has 0 spiro atoms. The topological polar surface area (TPSA) is 89.8 Å². The first-order chi connectivity index (χ1) is 12.9. The Morgan fingerprint density at radius 1 is 1.30 bits per heavy atom. The number of nitrogens with one attached hydrogen (secondary N) is 1. The number of amides is 1. The molecule has 0 saturated heterocycles. The van der Waals surface area contributed by atoms with Gasteiger partial charge in [-0.05, 0) is 44.2 Å². The Labute approximate surface area is 158 Å². The number of benzene rings is 1. The van der Waals surface area contributed by atoms with Gasteiger partial charge < -0.3 is 24.5 Å². The summed E-state index contributed by atoms with van der Waals surface area (Å²) in [6.45, 7) is 7.28. The van der Waals surface area contributed by atoms with Crippen molar-refractivity contribution >= 4 is 11.9 Å². The van der Waals surface area contributed by atoms with Gasteiger partial charge in [0.05, 0.1) is 25.9 Å². The second-order valence-electron chi connectivity index (χ2n) is 6.01. The number of methoxy groups -OCH3 is 1. The molecule has 0 radical (unpaired) electrons. The van der Waals surface area contributed by atoms with E-state index in [9.17, 15) is 14.7 Å². The molecular formula is C20H24N2O5. The molecule has 0 bridgehead atoms. The Hall–Kier alpha value is -3.06. The van der Waals surface area contributed by atoms with Crippen LogP contribution in [0.15, 0.2) is 43.0 Å². The van der Waals surface area contributed by atoms with Crippen molar-refractivity contribution in [3.63, 3.8) is 0 Å². The highest BCUT2D eigenvalue weighted by molar-refractivity contribution is 5.98. The fraction of sp³-hybridized carbons (Fsp3) is 0.300. The monoisotopic (exact) mass is 372 g/mol. The molecule has 1 aromatic carbocycles. The molecule has 27 heavy (non-hydrogen) atoms. The quantitative estimate of drug-likeness (QED) is 0.521. The van der Waals surface area contributed by atoms with E-state index in [2.05, 4.69) is 11.9 Å². The number of ether oxygens (including phenoxy) is 2. The highest BCUT2D eigenvalue weighted by Gasteiger charge is 2.23. The van der Waals surface area contributed by atoms with E-state index in [1.807, 2.05) is 42.7 Å². The van der Waals surface area contributed by atoms with E-state index in [0.717, 1.165) is 17.1 Å². The Morgan fingerprint density at radius 2 is 1.96 bits per heavy atom. The molecule has 1 amide bonds. The number of hydrogen-bond donors (Lipinski definition) is 2. The molecule has 0 aliphatic heterocycles. The van der Waals surface area contributed by atoms with Gasteiger partial charge in [-0.15, -0.1) is 6.58 Å². The van der Waals surface area contributed by atoms with Gasteiger partial charge in [-0.1, -0.05) is 6.08 Å². The van der Waals surface area contributed by atoms with Crippen molar-refractivity contribution in [2.75, 3.05) is 20.3 Å². The molecule has 2 rings (SSSR count). The zero-order valence-corrected chi connectivity index (χ0v) is 15.7. The van der Waals surface area contributed by atoms with Crippen LogP contribution in [0.5, 0.6) is 5.75 Å². The highest BCUT2D eigenvalue weighted by Crippen LogP contribution is 2.22. The number of carboxylic acids is 1. The molecule has 2 N–H and O–H groups in total. The largest absolute Gasteiger partial charge is 0.497 e. The van der Waals surface area contributed by atoms with Gasteiger partial charge >= 0.3 is 5.97 Å². The molecule has 1 atom stereocenters. The summed E-state index contributed by atoms with van der Waals surface area (Å²) in [4.78, 5) is 24.0. The third kappa shape index (κ3) is 4.77. The summed E-state index contributed by atoms with van der Waals surface area (Å²) in [5.74, 6) is -0.878. The second kappa shape index (κ2) is 9.05. The highest BCUT2D eigenvalue weighted by atomic mass is 16.5. The van der Waals surface area contributed by atoms with Crippen LogP contribution in [-0.4, -0.2) is 47.9 Å². The van der Waals surface area contributed by atoms with Crippen molar-refractivity contribution < 1.29 is 24.2 Å². The molecule has 7 nitrogen and oxygen atoms in total. The van der Waals surface area contributed by atoms with Crippen LogP contribution >= 0.6 is 0 Å². The molecule has 2 aromatic rings. The van der Waals surface area contributed by atoms with Crippen LogP contribution in [0.25, 0.3) is 5.69 Å². The van der Waals surface area contributed by atoms with Crippen LogP contribution in [0, 0.1) is 13.8 Å². The van der Waals surface area contributed by atoms with E-state index in [4.69, 9.17) is 9.47 Å². The Morgan fingerprint density at radius 3 is 2.52 bits per heavy atom. The zero-order chi connectivity index (χ0) is 20.0. The molecule has 0 saturated carbocycles. The van der Waals surface area contributed by atoms with Gasteiger partial charge in [0.15, 0.2) is 6.04 Å². The van der Waals surface area contributed by atoms with Gasteiger partial charge in [0.25, 0.3) is 5.91 Å². The van der Waals surface area contributed by atoms with E-state index in [1.165, 1.54) is 6.08 Å². The Kier molecular flexibility index (Phi) is 6.79. The molecule has 1 unspecified atom stereocenters. The van der Waals surface area contributed by atoms with Gasteiger partial charge in [0.1, 0.15) is 5.75 Å². The average Bonchev–Trinajstić information content (AvgIpc) is 2.95. The summed E-state index contributed by atoms with van der Waals surface area (Å²) < 4.78 is 12.3. The van der Waals surface area contributed by atoms with Crippen molar-refractivity contribution in [2.45, 2.75) is 19.9 Å². The molecule has 7 heteroatoms. The summed E-state index contributed by atoms with van der Waals surface area (Å²) in [6.07, 6.45) is 1.52. The van der Waals surface area contributed by atoms with E-state index in [1.54, 1.807) is 13.2 Å². The minimum Gasteiger partial charge on any atom is -0.497 e. The number of aliphatic carboxylic acids is 1. The number of aromatic nitrogens is 1. The predicted octanol–water partition coefficient (Wildman–Crippen LogP) is 2.49. The van der Waals surface area contributed by atoms with Gasteiger partial charge in [-0.25, -0.2) is 4.79 Å². The number of carboxylic acid groups (broad SMARTS) is 1. The lowest BCUT2D eigenvalue weighted by atomic mass is 10.2. The zero-order valence-electron chi connectivity index (χ0n) is 15.7. The Balaban J connectivity index is 2.24. The summed E-state index contributed by atoms with van der Waals surface area (Å²) in [5, 5.41) is 11.8. The van der Waals surface area contributed by atoms with E-state index >= 15 is 0 Å². The summed E-state index contributed by atoms with van der Waals surface area (Å²) in [6, 6.07) is 8.06. The lowest BCUT2D eigenvalue weighted by molar-refractivity contribution is -0.140. The molecule has 0 aliphatic rings. The van der Waals surface area contributed by atoms with Crippen LogP contribution in [-0.2, 0) is 9.53 Å². The van der Waals surface area contributed by atoms with Crippen LogP contribution in [0.4, 0.5) is 0 Å². The summed E-state index contributed by atoms with van der Waals surface area (Å²) in [5.41, 5.74) is 2.87. The SMILES string of the molecule is C=CCOCC(NC(=O)c1cc(C)n(-c2ccc(OC)cc2)c1C)C(=O)O. The van der Waals surface area contributed by atoms with Gasteiger partial charge in [0, 0.05) is 17.1 Å². The van der Waals surface area contributed by atoms with Crippen LogP contribution in [0.1, 0.15) is 21.7 Å². The Bertz CT molecular complexity index is 824. The van der Waals surface area contributed by atoms with Crippen molar-refractivity contribution in [1.82, 2.24) is 9.88 Å². The van der Waals surface area contributed by atoms with Crippen LogP contribution < -0.4 is 10.1 Å². The van der Waals surface area contributed by atoms with E-state index < -0.39 is 17.9 Å². The maximum atomic E-state index is 12.6. The number of rotatable bonds is 9. The molecule has 1 aromatic heterocycles. The first-order valence-electron chi connectivity index (χ1n) is 8.44. The maximum Gasteiger partial charge on any atom is 0.328 e. The fourth-order valence-corrected chi connectivity index (χ4v) is 2.80. The molecule has 0 fully saturated rings. The minimum absolute atomic E-state index is 0.135. The van der Waals surface area contributed by atoms with Crippen molar-refractivity contribution in [1.29, 1.82) is 0 Å². The maximum absolute atomic E-state index is 12.6. The third-order valence-electron chi connectivity index (χ3n) is 4.13. The fourth-order valence-electron chi connectivity index (χ4n) is 2.80. The third-order valence-corrected chi connectivity index (χ3v) is 4.13. The smallest absolute Gasteiger partial charge is 0.328 e. The normalized spacial score (nSPS) is 11.7. The standard InChI is InChI=1S/C20H24N2O5/c1-5-10-27-12-18(20(24)25)21-19(23)17-11-13(2)22(14(17)3)15-6-8-16(26-4)9-7-15/h5-9,11,18H,1,10,12H2,2-4H3,(H,21,23)(H,24,25). The van der Waals surface area contributed by atoms with Crippen molar-refractivity contribution in [3.8, 4) is 11.4 Å². The van der Waals surface area contributed by atoms with Crippen molar-refractivity contribution in [2.24, 2.45) is 0 Å². The predicted molar refractivity (Wildman–Crippen MR) is 102 cm³/mol. The molecule has 1 heterocycles. The summed E-state index contributed by atoms with van der Waals surface area (Å²) in [7, 11) is 1.60. The lowest BCUT2D eigenvalue weighted by Gasteiger charge is -2.15. The first-order valence-corrected chi connectivity index (χ1v) is 8.44. The second-order valence-corrected chi connectivity index (χ2v) is 6.01. The van der Waals surface area contributed by atoms with Crippen LogP contribution in [0.2, 0.25) is 0 Å². The average molecular weight is 372 g/mol. The lowest BCUT2D eigenvalue weighted by Crippen LogP contribution is -2.44. The van der Waals surface area contributed by atoms with Gasteiger partial charge in [0.2, 0.25) is 0 Å². The number of aryl methyl sites for hydroxylation is 1. The number of carbonyl (C=O) groups excluding carboxylic acids is 1. The van der Waals surface area contributed by atoms with Gasteiger partial charge in [-0.3, -0.25) is 4.79 Å². The summed E-state index contributed by atoms with van der Waals surface area (Å²) >= 11 is 0. The minimum atomic E-state index is -1.16. The first kappa shape index (κ1) is 20.3. The number of nitrogens with zero attached hydrogens (tertiary/aromatic N) is 1. The van der Waals surface area contributed by atoms with Gasteiger partial charge in [-0.2, -0.15) is 0 Å². The molecule has 0 aliphatic carbocycles. The molecular weight excluding hydrogens is 348 g/mol. The van der Waals surface area contributed by atoms with E-state index in [-0.39, 0.29) is 13.2 Å². The van der Waals surface area contributed by atoms with Crippen LogP contribution in [0.3, 0.4) is 0 Å². The number of carbonyl (C=O) groups is 2. The van der Waals surface area contributed by atoms with E-state index in [0.29, 0.717) is 11.3 Å².